The number of rotatable bonds is 5. The Bertz CT molecular complexity index is 839. The van der Waals surface area contributed by atoms with Crippen molar-refractivity contribution >= 4 is 22.5 Å². The summed E-state index contributed by atoms with van der Waals surface area (Å²) in [6.45, 7) is 4.15. The molecule has 124 valence electrons. The van der Waals surface area contributed by atoms with E-state index in [0.29, 0.717) is 6.42 Å². The lowest BCUT2D eigenvalue weighted by Gasteiger charge is -2.13. The van der Waals surface area contributed by atoms with Gasteiger partial charge in [0.1, 0.15) is 0 Å². The van der Waals surface area contributed by atoms with Gasteiger partial charge in [0.25, 0.3) is 0 Å². The minimum absolute atomic E-state index is 0.186. The fourth-order valence-corrected chi connectivity index (χ4v) is 2.72. The Morgan fingerprint density at radius 3 is 2.67 bits per heavy atom. The van der Waals surface area contributed by atoms with E-state index in [4.69, 9.17) is 5.73 Å². The Balaban J connectivity index is 1.74. The van der Waals surface area contributed by atoms with Gasteiger partial charge in [-0.15, -0.1) is 0 Å². The van der Waals surface area contributed by atoms with E-state index in [1.165, 1.54) is 0 Å². The number of hydrogen-bond acceptors (Lipinski definition) is 3. The molecule has 24 heavy (non-hydrogen) atoms. The first kappa shape index (κ1) is 16.2. The summed E-state index contributed by atoms with van der Waals surface area (Å²) in [6.07, 6.45) is 2.35. The number of carbonyl (C=O) groups is 1. The van der Waals surface area contributed by atoms with Gasteiger partial charge in [0.15, 0.2) is 0 Å². The smallest absolute Gasteiger partial charge is 0.241 e. The van der Waals surface area contributed by atoms with Crippen LogP contribution in [0.5, 0.6) is 0 Å². The second-order valence-electron chi connectivity index (χ2n) is 6.24. The lowest BCUT2D eigenvalue weighted by molar-refractivity contribution is -0.117. The molecule has 1 amide bonds. The third-order valence-electron chi connectivity index (χ3n) is 3.99. The van der Waals surface area contributed by atoms with Gasteiger partial charge in [0, 0.05) is 17.1 Å². The lowest BCUT2D eigenvalue weighted by Crippen LogP contribution is -2.37. The molecule has 0 fully saturated rings. The molecule has 0 bridgehead atoms. The van der Waals surface area contributed by atoms with Gasteiger partial charge < -0.3 is 11.1 Å². The van der Waals surface area contributed by atoms with Crippen molar-refractivity contribution in [3.63, 3.8) is 0 Å². The van der Waals surface area contributed by atoms with E-state index in [9.17, 15) is 4.79 Å². The third-order valence-corrected chi connectivity index (χ3v) is 3.99. The van der Waals surface area contributed by atoms with E-state index in [0.717, 1.165) is 22.2 Å². The van der Waals surface area contributed by atoms with Gasteiger partial charge in [0.05, 0.1) is 17.8 Å². The van der Waals surface area contributed by atoms with Crippen LogP contribution in [0.3, 0.4) is 0 Å². The molecule has 0 saturated carbocycles. The Kier molecular flexibility index (Phi) is 4.62. The SMILES string of the molecule is CC(C)n1ncc2ccc(NC(=O)[C@@H](N)Cc3ccccc3)cc21. The molecule has 5 nitrogen and oxygen atoms in total. The van der Waals surface area contributed by atoms with Crippen molar-refractivity contribution in [2.24, 2.45) is 5.73 Å². The van der Waals surface area contributed by atoms with E-state index in [1.807, 2.05) is 59.4 Å². The minimum Gasteiger partial charge on any atom is -0.325 e. The number of nitrogens with one attached hydrogen (secondary N) is 1. The molecule has 3 rings (SSSR count). The van der Waals surface area contributed by atoms with Crippen LogP contribution >= 0.6 is 0 Å². The number of fused-ring (bicyclic) bond motifs is 1. The fraction of sp³-hybridized carbons (Fsp3) is 0.263. The summed E-state index contributed by atoms with van der Waals surface area (Å²) in [5.74, 6) is -0.186. The zero-order valence-corrected chi connectivity index (χ0v) is 13.9. The second kappa shape index (κ2) is 6.84. The topological polar surface area (TPSA) is 72.9 Å². The highest BCUT2D eigenvalue weighted by Gasteiger charge is 2.15. The molecule has 0 saturated heterocycles. The summed E-state index contributed by atoms with van der Waals surface area (Å²) in [7, 11) is 0. The number of anilines is 1. The van der Waals surface area contributed by atoms with Crippen molar-refractivity contribution in [3.8, 4) is 0 Å². The molecule has 0 aliphatic rings. The summed E-state index contributed by atoms with van der Waals surface area (Å²) in [5, 5.41) is 8.34. The van der Waals surface area contributed by atoms with Gasteiger partial charge in [-0.05, 0) is 44.0 Å². The van der Waals surface area contributed by atoms with Crippen molar-refractivity contribution in [1.82, 2.24) is 9.78 Å². The van der Waals surface area contributed by atoms with Gasteiger partial charge in [-0.2, -0.15) is 5.10 Å². The maximum absolute atomic E-state index is 12.4. The lowest BCUT2D eigenvalue weighted by atomic mass is 10.1. The number of carbonyl (C=O) groups excluding carboxylic acids is 1. The normalized spacial score (nSPS) is 12.5. The molecule has 1 heterocycles. The molecule has 0 aliphatic heterocycles. The highest BCUT2D eigenvalue weighted by Crippen LogP contribution is 2.22. The molecular weight excluding hydrogens is 300 g/mol. The molecule has 0 spiro atoms. The Hall–Kier alpha value is -2.66. The van der Waals surface area contributed by atoms with Crippen LogP contribution in [-0.4, -0.2) is 21.7 Å². The first-order chi connectivity index (χ1) is 11.5. The number of benzene rings is 2. The average molecular weight is 322 g/mol. The Morgan fingerprint density at radius 1 is 1.21 bits per heavy atom. The molecule has 0 aliphatic carbocycles. The molecule has 3 N–H and O–H groups in total. The van der Waals surface area contributed by atoms with Crippen LogP contribution in [0.4, 0.5) is 5.69 Å². The minimum atomic E-state index is -0.585. The molecule has 1 aromatic heterocycles. The largest absolute Gasteiger partial charge is 0.325 e. The summed E-state index contributed by atoms with van der Waals surface area (Å²) in [5.41, 5.74) is 8.82. The van der Waals surface area contributed by atoms with Crippen LogP contribution in [0.15, 0.2) is 54.7 Å². The van der Waals surface area contributed by atoms with Gasteiger partial charge in [0.2, 0.25) is 5.91 Å². The first-order valence-corrected chi connectivity index (χ1v) is 8.12. The number of nitrogens with two attached hydrogens (primary N) is 1. The van der Waals surface area contributed by atoms with Gasteiger partial charge in [-0.1, -0.05) is 30.3 Å². The Labute approximate surface area is 141 Å². The van der Waals surface area contributed by atoms with E-state index in [1.54, 1.807) is 0 Å². The summed E-state index contributed by atoms with van der Waals surface area (Å²) in [4.78, 5) is 12.4. The summed E-state index contributed by atoms with van der Waals surface area (Å²) >= 11 is 0. The molecule has 2 aromatic carbocycles. The van der Waals surface area contributed by atoms with Crippen molar-refractivity contribution in [1.29, 1.82) is 0 Å². The summed E-state index contributed by atoms with van der Waals surface area (Å²) < 4.78 is 1.94. The molecule has 3 aromatic rings. The van der Waals surface area contributed by atoms with Crippen LogP contribution in [0.1, 0.15) is 25.5 Å². The van der Waals surface area contributed by atoms with Crippen LogP contribution < -0.4 is 11.1 Å². The van der Waals surface area contributed by atoms with E-state index in [2.05, 4.69) is 24.3 Å². The summed E-state index contributed by atoms with van der Waals surface area (Å²) in [6, 6.07) is 15.2. The zero-order valence-electron chi connectivity index (χ0n) is 13.9. The van der Waals surface area contributed by atoms with Gasteiger partial charge in [-0.3, -0.25) is 9.48 Å². The fourth-order valence-electron chi connectivity index (χ4n) is 2.72. The van der Waals surface area contributed by atoms with Crippen molar-refractivity contribution in [2.45, 2.75) is 32.4 Å². The molecule has 5 heteroatoms. The molecule has 1 atom stereocenters. The third kappa shape index (κ3) is 3.46. The second-order valence-corrected chi connectivity index (χ2v) is 6.24. The van der Waals surface area contributed by atoms with Gasteiger partial charge >= 0.3 is 0 Å². The monoisotopic (exact) mass is 322 g/mol. The van der Waals surface area contributed by atoms with Gasteiger partial charge in [-0.25, -0.2) is 0 Å². The van der Waals surface area contributed by atoms with Crippen LogP contribution in [0.25, 0.3) is 10.9 Å². The number of nitrogens with zero attached hydrogens (tertiary/aromatic N) is 2. The van der Waals surface area contributed by atoms with Crippen molar-refractivity contribution in [2.75, 3.05) is 5.32 Å². The molecule has 0 radical (unpaired) electrons. The maximum Gasteiger partial charge on any atom is 0.241 e. The number of amides is 1. The van der Waals surface area contributed by atoms with E-state index < -0.39 is 6.04 Å². The molecule has 0 unspecified atom stereocenters. The highest BCUT2D eigenvalue weighted by atomic mass is 16.2. The maximum atomic E-state index is 12.4. The number of hydrogen-bond donors (Lipinski definition) is 2. The predicted molar refractivity (Wildman–Crippen MR) is 96.9 cm³/mol. The van der Waals surface area contributed by atoms with E-state index >= 15 is 0 Å². The number of aromatic nitrogens is 2. The van der Waals surface area contributed by atoms with Crippen LogP contribution in [-0.2, 0) is 11.2 Å². The standard InChI is InChI=1S/C19H22N4O/c1-13(2)23-18-11-16(9-8-15(18)12-21-23)22-19(24)17(20)10-14-6-4-3-5-7-14/h3-9,11-13,17H,10,20H2,1-2H3,(H,22,24)/t17-/m0/s1. The Morgan fingerprint density at radius 2 is 1.96 bits per heavy atom. The predicted octanol–water partition coefficient (Wildman–Crippen LogP) is 3.13. The first-order valence-electron chi connectivity index (χ1n) is 8.12. The van der Waals surface area contributed by atoms with Crippen molar-refractivity contribution in [3.05, 3.63) is 60.3 Å². The van der Waals surface area contributed by atoms with Crippen molar-refractivity contribution < 1.29 is 4.79 Å². The average Bonchev–Trinajstić information content (AvgIpc) is 2.99. The van der Waals surface area contributed by atoms with Crippen LogP contribution in [0.2, 0.25) is 0 Å². The zero-order chi connectivity index (χ0) is 17.1. The quantitative estimate of drug-likeness (QED) is 0.758. The molecular formula is C19H22N4O. The van der Waals surface area contributed by atoms with E-state index in [-0.39, 0.29) is 11.9 Å². The van der Waals surface area contributed by atoms with Crippen LogP contribution in [0, 0.1) is 0 Å². The highest BCUT2D eigenvalue weighted by molar-refractivity contribution is 5.96.